The van der Waals surface area contributed by atoms with Gasteiger partial charge in [-0.15, -0.1) is 0 Å². The monoisotopic (exact) mass is 206 g/mol. The quantitative estimate of drug-likeness (QED) is 0.472. The van der Waals surface area contributed by atoms with Crippen LogP contribution in [0, 0.1) is 0 Å². The zero-order valence-electron chi connectivity index (χ0n) is 6.39. The van der Waals surface area contributed by atoms with Gasteiger partial charge >= 0.3 is 37.7 Å². The van der Waals surface area contributed by atoms with E-state index in [1.165, 1.54) is 0 Å². The Morgan fingerprint density at radius 1 is 1.00 bits per heavy atom. The van der Waals surface area contributed by atoms with Crippen LogP contribution in [0.1, 0.15) is 21.0 Å². The second-order valence-electron chi connectivity index (χ2n) is 1.83. The normalized spacial score (nSPS) is 8.62. The minimum atomic E-state index is -1.69. The number of carbonyl (C=O) groups is 2. The first-order valence-corrected chi connectivity index (χ1v) is 2.86. The predicted octanol–water partition coefficient (Wildman–Crippen LogP) is -3.18. The van der Waals surface area contributed by atoms with E-state index >= 15 is 0 Å². The molecule has 0 fully saturated rings. The summed E-state index contributed by atoms with van der Waals surface area (Å²) in [6.07, 6.45) is 2.11. The first-order valence-electron chi connectivity index (χ1n) is 2.86. The minimum absolute atomic E-state index is 0. The average Bonchev–Trinajstić information content (AvgIpc) is 2.04. The smallest absolute Gasteiger partial charge is 0.543 e. The summed E-state index contributed by atoms with van der Waals surface area (Å²) in [5.41, 5.74) is -1.45. The molecule has 0 aliphatic carbocycles. The van der Waals surface area contributed by atoms with E-state index in [2.05, 4.69) is 9.97 Å². The van der Waals surface area contributed by atoms with Crippen LogP contribution in [0.25, 0.3) is 0 Å². The van der Waals surface area contributed by atoms with Gasteiger partial charge in [0.2, 0.25) is 0 Å². The van der Waals surface area contributed by atoms with Gasteiger partial charge in [0.15, 0.2) is 0 Å². The molecule has 1 aromatic rings. The average molecular weight is 206 g/mol. The number of carboxylic acids is 2. The summed E-state index contributed by atoms with van der Waals surface area (Å²) in [5, 5.41) is 20.4. The molecule has 0 saturated heterocycles. The van der Waals surface area contributed by atoms with Gasteiger partial charge in [-0.05, 0) is 0 Å². The topological polar surface area (TPSA) is 106 Å². The number of carboxylic acid groups (broad SMARTS) is 2. The fourth-order valence-corrected chi connectivity index (χ4v) is 0.637. The van der Waals surface area contributed by atoms with Crippen LogP contribution in [-0.2, 0) is 0 Å². The summed E-state index contributed by atoms with van der Waals surface area (Å²) >= 11 is 0. The van der Waals surface area contributed by atoms with E-state index in [-0.39, 0.29) is 37.7 Å². The van der Waals surface area contributed by atoms with E-state index in [0.717, 1.165) is 12.4 Å². The first-order chi connectivity index (χ1) is 5.63. The van der Waals surface area contributed by atoms with Gasteiger partial charge in [-0.3, -0.25) is 9.97 Å². The van der Waals surface area contributed by atoms with Crippen LogP contribution in [0.5, 0.6) is 0 Å². The van der Waals surface area contributed by atoms with Gasteiger partial charge in [-0.25, -0.2) is 0 Å². The summed E-state index contributed by atoms with van der Waals surface area (Å²) in [4.78, 5) is 27.0. The largest absolute Gasteiger partial charge is 2.00 e. The number of aromatic carboxylic acids is 2. The van der Waals surface area contributed by atoms with Crippen LogP contribution in [0.2, 0.25) is 0 Å². The van der Waals surface area contributed by atoms with Crippen molar-refractivity contribution < 1.29 is 19.8 Å². The maximum absolute atomic E-state index is 10.2. The van der Waals surface area contributed by atoms with Crippen molar-refractivity contribution in [3.05, 3.63) is 23.8 Å². The van der Waals surface area contributed by atoms with Gasteiger partial charge in [0, 0.05) is 12.4 Å². The van der Waals surface area contributed by atoms with E-state index in [4.69, 9.17) is 0 Å². The fourth-order valence-electron chi connectivity index (χ4n) is 0.637. The third-order valence-corrected chi connectivity index (χ3v) is 1.08. The Kier molecular flexibility index (Phi) is 4.82. The molecule has 0 aliphatic rings. The molecule has 7 heteroatoms. The van der Waals surface area contributed by atoms with E-state index in [9.17, 15) is 19.8 Å². The van der Waals surface area contributed by atoms with Crippen LogP contribution < -0.4 is 10.2 Å². The molecule has 1 heterocycles. The van der Waals surface area contributed by atoms with Crippen molar-refractivity contribution in [1.82, 2.24) is 9.97 Å². The van der Waals surface area contributed by atoms with Gasteiger partial charge in [0.25, 0.3) is 0 Å². The number of rotatable bonds is 2. The van der Waals surface area contributed by atoms with Crippen LogP contribution in [0.4, 0.5) is 0 Å². The summed E-state index contributed by atoms with van der Waals surface area (Å²) in [6.45, 7) is 0. The van der Waals surface area contributed by atoms with Crippen molar-refractivity contribution in [1.29, 1.82) is 0 Å². The molecule has 0 aromatic carbocycles. The maximum atomic E-state index is 10.2. The Hall–Kier alpha value is -0.720. The standard InChI is InChI=1S/C6H4N2O4.Ca/c9-5(10)3-4(6(11)12)8-2-1-7-3;/h1-2H,(H,9,10)(H,11,12);/q;+2/p-2. The van der Waals surface area contributed by atoms with Crippen molar-refractivity contribution in [2.45, 2.75) is 0 Å². The number of hydrogen-bond donors (Lipinski definition) is 0. The second kappa shape index (κ2) is 5.11. The molecule has 0 amide bonds. The summed E-state index contributed by atoms with van der Waals surface area (Å²) in [7, 11) is 0. The summed E-state index contributed by atoms with van der Waals surface area (Å²) in [5.74, 6) is -3.38. The van der Waals surface area contributed by atoms with E-state index < -0.39 is 23.3 Å². The van der Waals surface area contributed by atoms with Gasteiger partial charge < -0.3 is 19.8 Å². The molecule has 13 heavy (non-hydrogen) atoms. The molecule has 0 N–H and O–H groups in total. The van der Waals surface area contributed by atoms with Crippen molar-refractivity contribution in [3.8, 4) is 0 Å². The van der Waals surface area contributed by atoms with Crippen molar-refractivity contribution >= 4 is 49.7 Å². The van der Waals surface area contributed by atoms with E-state index in [1.54, 1.807) is 0 Å². The molecule has 0 spiro atoms. The summed E-state index contributed by atoms with van der Waals surface area (Å²) < 4.78 is 0. The molecular weight excluding hydrogens is 204 g/mol. The van der Waals surface area contributed by atoms with Gasteiger partial charge in [0.1, 0.15) is 11.4 Å². The number of nitrogens with zero attached hydrogens (tertiary/aromatic N) is 2. The second-order valence-corrected chi connectivity index (χ2v) is 1.83. The Balaban J connectivity index is 0.00000144. The van der Waals surface area contributed by atoms with Crippen molar-refractivity contribution in [2.75, 3.05) is 0 Å². The molecule has 6 nitrogen and oxygen atoms in total. The van der Waals surface area contributed by atoms with E-state index in [0.29, 0.717) is 0 Å². The number of hydrogen-bond acceptors (Lipinski definition) is 6. The van der Waals surface area contributed by atoms with Gasteiger partial charge in [-0.2, -0.15) is 0 Å². The minimum Gasteiger partial charge on any atom is -0.543 e. The van der Waals surface area contributed by atoms with Crippen LogP contribution in [-0.4, -0.2) is 59.6 Å². The zero-order valence-corrected chi connectivity index (χ0v) is 8.60. The molecule has 0 aliphatic heterocycles. The zero-order chi connectivity index (χ0) is 9.14. The third-order valence-electron chi connectivity index (χ3n) is 1.08. The third kappa shape index (κ3) is 2.91. The molecule has 0 atom stereocenters. The Labute approximate surface area is 103 Å². The number of carbonyl (C=O) groups excluding carboxylic acids is 2. The molecule has 1 aromatic heterocycles. The number of aromatic nitrogens is 2. The Morgan fingerprint density at radius 2 is 1.31 bits per heavy atom. The molecule has 0 saturated carbocycles. The van der Waals surface area contributed by atoms with Gasteiger partial charge in [0.05, 0.1) is 11.9 Å². The molecule has 0 unspecified atom stereocenters. The Bertz CT molecular complexity index is 308. The van der Waals surface area contributed by atoms with Crippen LogP contribution in [0.15, 0.2) is 12.4 Å². The molecular formula is C6H2CaN2O4. The first kappa shape index (κ1) is 12.3. The summed E-state index contributed by atoms with van der Waals surface area (Å²) in [6, 6.07) is 0. The predicted molar refractivity (Wildman–Crippen MR) is 36.4 cm³/mol. The van der Waals surface area contributed by atoms with Crippen molar-refractivity contribution in [2.24, 2.45) is 0 Å². The van der Waals surface area contributed by atoms with Crippen LogP contribution >= 0.6 is 0 Å². The molecule has 1 rings (SSSR count). The van der Waals surface area contributed by atoms with E-state index in [1.807, 2.05) is 0 Å². The van der Waals surface area contributed by atoms with Crippen LogP contribution in [0.3, 0.4) is 0 Å². The van der Waals surface area contributed by atoms with Crippen molar-refractivity contribution in [3.63, 3.8) is 0 Å². The molecule has 62 valence electrons. The SMILES string of the molecule is O=C([O-])c1nccnc1C(=O)[O-].[Ca+2]. The molecule has 0 bridgehead atoms. The molecule has 0 radical (unpaired) electrons. The van der Waals surface area contributed by atoms with Gasteiger partial charge in [-0.1, -0.05) is 0 Å². The maximum Gasteiger partial charge on any atom is 2.00 e. The Morgan fingerprint density at radius 3 is 1.54 bits per heavy atom. The fraction of sp³-hybridized carbons (Fsp3) is 0.